The number of carboxylic acid groups (broad SMARTS) is 1. The van der Waals surface area contributed by atoms with E-state index in [1.807, 2.05) is 60.0 Å². The third-order valence-corrected chi connectivity index (χ3v) is 8.46. The predicted molar refractivity (Wildman–Crippen MR) is 141 cm³/mol. The second kappa shape index (κ2) is 10.4. The summed E-state index contributed by atoms with van der Waals surface area (Å²) in [5.74, 6) is -3.15. The van der Waals surface area contributed by atoms with Gasteiger partial charge in [0.1, 0.15) is 6.04 Å². The van der Waals surface area contributed by atoms with Crippen molar-refractivity contribution >= 4 is 46.7 Å². The van der Waals surface area contributed by atoms with Crippen LogP contribution in [0, 0.1) is 11.8 Å². The number of aliphatic carboxylic acids is 1. The Balaban J connectivity index is 1.67. The van der Waals surface area contributed by atoms with Gasteiger partial charge >= 0.3 is 5.97 Å². The van der Waals surface area contributed by atoms with Gasteiger partial charge in [-0.05, 0) is 42.0 Å². The number of hydrogen-bond acceptors (Lipinski definition) is 4. The number of thiophene rings is 1. The maximum Gasteiger partial charge on any atom is 0.327 e. The van der Waals surface area contributed by atoms with Crippen LogP contribution in [0.1, 0.15) is 46.0 Å². The summed E-state index contributed by atoms with van der Waals surface area (Å²) < 4.78 is 0. The fourth-order valence-corrected chi connectivity index (χ4v) is 6.41. The zero-order valence-electron chi connectivity index (χ0n) is 19.5. The summed E-state index contributed by atoms with van der Waals surface area (Å²) in [4.78, 5) is 42.9. The summed E-state index contributed by atoms with van der Waals surface area (Å²) >= 11 is 7.63. The van der Waals surface area contributed by atoms with E-state index in [0.29, 0.717) is 10.6 Å². The molecule has 1 aromatic heterocycles. The Morgan fingerprint density at radius 2 is 1.78 bits per heavy atom. The maximum atomic E-state index is 14.1. The monoisotopic (exact) mass is 519 g/mol. The molecule has 2 aliphatic rings. The van der Waals surface area contributed by atoms with Crippen LogP contribution in [0.15, 0.2) is 78.2 Å². The molecule has 0 radical (unpaired) electrons. The number of carboxylic acids is 1. The van der Waals surface area contributed by atoms with Crippen molar-refractivity contribution in [2.45, 2.75) is 37.3 Å². The highest BCUT2D eigenvalue weighted by atomic mass is 35.5. The lowest BCUT2D eigenvalue weighted by Crippen LogP contribution is -2.49. The fourth-order valence-electron chi connectivity index (χ4n) is 5.32. The van der Waals surface area contributed by atoms with Crippen LogP contribution < -0.4 is 0 Å². The van der Waals surface area contributed by atoms with E-state index in [1.54, 1.807) is 24.3 Å². The Hall–Kier alpha value is -3.22. The average Bonchev–Trinajstić information content (AvgIpc) is 3.48. The van der Waals surface area contributed by atoms with Crippen molar-refractivity contribution in [1.82, 2.24) is 4.90 Å². The Bertz CT molecular complexity index is 1290. The van der Waals surface area contributed by atoms with Crippen LogP contribution >= 0.6 is 22.9 Å². The zero-order valence-corrected chi connectivity index (χ0v) is 21.1. The van der Waals surface area contributed by atoms with Gasteiger partial charge in [-0.15, -0.1) is 11.3 Å². The van der Waals surface area contributed by atoms with Crippen molar-refractivity contribution in [2.75, 3.05) is 0 Å². The third-order valence-electron chi connectivity index (χ3n) is 7.25. The van der Waals surface area contributed by atoms with Crippen molar-refractivity contribution in [3.05, 3.63) is 99.2 Å². The first kappa shape index (κ1) is 24.5. The first-order chi connectivity index (χ1) is 17.5. The summed E-state index contributed by atoms with van der Waals surface area (Å²) in [5, 5.41) is 12.8. The molecule has 1 aliphatic heterocycles. The number of halogens is 1. The molecule has 2 aromatic carbocycles. The normalized spacial score (nSPS) is 24.1. The van der Waals surface area contributed by atoms with E-state index in [2.05, 4.69) is 0 Å². The lowest BCUT2D eigenvalue weighted by Gasteiger charge is -2.35. The lowest BCUT2D eigenvalue weighted by molar-refractivity contribution is -0.152. The molecule has 1 saturated heterocycles. The Morgan fingerprint density at radius 1 is 1.00 bits per heavy atom. The molecule has 0 spiro atoms. The summed E-state index contributed by atoms with van der Waals surface area (Å²) in [6.07, 6.45) is 6.15. The standard InChI is InChI=1S/C29H26ClNO4S/c30-21-12-5-11-20(17-21)27(32)24-22(15-14-18-7-2-1-3-8-18)31(28(33)19-9-4-10-19)26(29(34)35)25(24)23-13-6-16-36-23/h1-3,5-8,11-17,19,22,24-26H,4,9-10H2,(H,34,35). The Kier molecular flexibility index (Phi) is 7.08. The van der Waals surface area contributed by atoms with Crippen molar-refractivity contribution in [3.8, 4) is 0 Å². The number of ketones is 1. The van der Waals surface area contributed by atoms with Crippen molar-refractivity contribution < 1.29 is 19.5 Å². The highest BCUT2D eigenvalue weighted by molar-refractivity contribution is 7.10. The number of amides is 1. The smallest absolute Gasteiger partial charge is 0.327 e. The Labute approximate surface area is 219 Å². The molecule has 7 heteroatoms. The van der Waals surface area contributed by atoms with Gasteiger partial charge in [-0.3, -0.25) is 9.59 Å². The van der Waals surface area contributed by atoms with E-state index >= 15 is 0 Å². The minimum absolute atomic E-state index is 0.181. The molecule has 36 heavy (non-hydrogen) atoms. The van der Waals surface area contributed by atoms with E-state index in [4.69, 9.17) is 11.6 Å². The Morgan fingerprint density at radius 3 is 2.39 bits per heavy atom. The molecule has 0 bridgehead atoms. The van der Waals surface area contributed by atoms with Crippen LogP contribution in [0.3, 0.4) is 0 Å². The van der Waals surface area contributed by atoms with E-state index in [1.165, 1.54) is 16.2 Å². The first-order valence-electron chi connectivity index (χ1n) is 12.1. The molecular formula is C29H26ClNO4S. The van der Waals surface area contributed by atoms with Gasteiger partial charge in [-0.2, -0.15) is 0 Å². The van der Waals surface area contributed by atoms with Gasteiger partial charge in [-0.25, -0.2) is 4.79 Å². The molecule has 3 aromatic rings. The minimum atomic E-state index is -1.14. The second-order valence-corrected chi connectivity index (χ2v) is 10.8. The van der Waals surface area contributed by atoms with E-state index in [0.717, 1.165) is 29.7 Å². The topological polar surface area (TPSA) is 74.7 Å². The van der Waals surface area contributed by atoms with E-state index < -0.39 is 29.9 Å². The highest BCUT2D eigenvalue weighted by Gasteiger charge is 2.57. The zero-order chi connectivity index (χ0) is 25.2. The average molecular weight is 520 g/mol. The van der Waals surface area contributed by atoms with Crippen LogP contribution in [-0.4, -0.2) is 39.7 Å². The number of hydrogen-bond donors (Lipinski definition) is 1. The molecule has 4 unspecified atom stereocenters. The van der Waals surface area contributed by atoms with Crippen molar-refractivity contribution in [2.24, 2.45) is 11.8 Å². The molecule has 1 N–H and O–H groups in total. The van der Waals surface area contributed by atoms with Gasteiger partial charge in [0, 0.05) is 27.3 Å². The lowest BCUT2D eigenvalue weighted by atomic mass is 9.80. The van der Waals surface area contributed by atoms with Crippen LogP contribution in [-0.2, 0) is 9.59 Å². The number of likely N-dealkylation sites (tertiary alicyclic amines) is 1. The molecule has 184 valence electrons. The summed E-state index contributed by atoms with van der Waals surface area (Å²) in [7, 11) is 0. The van der Waals surface area contributed by atoms with Gasteiger partial charge < -0.3 is 10.0 Å². The van der Waals surface area contributed by atoms with Gasteiger partial charge in [0.2, 0.25) is 5.91 Å². The van der Waals surface area contributed by atoms with Gasteiger partial charge in [-0.1, -0.05) is 78.7 Å². The number of benzene rings is 2. The SMILES string of the molecule is O=C(c1cccc(Cl)c1)C1C(c2cccs2)C(C(=O)O)N(C(=O)C2CCC2)C1C=Cc1ccccc1. The maximum absolute atomic E-state index is 14.1. The summed E-state index contributed by atoms with van der Waals surface area (Å²) in [5.41, 5.74) is 1.32. The van der Waals surface area contributed by atoms with Crippen LogP contribution in [0.2, 0.25) is 5.02 Å². The number of Topliss-reactive ketones (excluding diaryl/α,β-unsaturated/α-hetero) is 1. The summed E-state index contributed by atoms with van der Waals surface area (Å²) in [6, 6.07) is 18.2. The number of carbonyl (C=O) groups excluding carboxylic acids is 2. The van der Waals surface area contributed by atoms with Crippen molar-refractivity contribution in [3.63, 3.8) is 0 Å². The number of carbonyl (C=O) groups is 3. The van der Waals surface area contributed by atoms with Gasteiger partial charge in [0.25, 0.3) is 0 Å². The quantitative estimate of drug-likeness (QED) is 0.379. The van der Waals surface area contributed by atoms with Gasteiger partial charge in [0.15, 0.2) is 5.78 Å². The third kappa shape index (κ3) is 4.63. The van der Waals surface area contributed by atoms with Gasteiger partial charge in [0.05, 0.1) is 12.0 Å². The molecule has 4 atom stereocenters. The molecule has 5 rings (SSSR count). The van der Waals surface area contributed by atoms with Crippen LogP contribution in [0.25, 0.3) is 6.08 Å². The number of rotatable bonds is 7. The molecule has 1 saturated carbocycles. The molecule has 5 nitrogen and oxygen atoms in total. The molecular weight excluding hydrogens is 494 g/mol. The predicted octanol–water partition coefficient (Wildman–Crippen LogP) is 6.16. The second-order valence-electron chi connectivity index (χ2n) is 9.36. The van der Waals surface area contributed by atoms with Crippen LogP contribution in [0.5, 0.6) is 0 Å². The first-order valence-corrected chi connectivity index (χ1v) is 13.3. The summed E-state index contributed by atoms with van der Waals surface area (Å²) in [6.45, 7) is 0. The fraction of sp³-hybridized carbons (Fsp3) is 0.276. The highest BCUT2D eigenvalue weighted by Crippen LogP contribution is 2.48. The van der Waals surface area contributed by atoms with Crippen LogP contribution in [0.4, 0.5) is 0 Å². The molecule has 1 amide bonds. The molecule has 1 aliphatic carbocycles. The molecule has 2 heterocycles. The van der Waals surface area contributed by atoms with E-state index in [-0.39, 0.29) is 17.6 Å². The number of nitrogens with zero attached hydrogens (tertiary/aromatic N) is 1. The largest absolute Gasteiger partial charge is 0.480 e. The van der Waals surface area contributed by atoms with E-state index in [9.17, 15) is 19.5 Å². The van der Waals surface area contributed by atoms with Crippen molar-refractivity contribution in [1.29, 1.82) is 0 Å². The molecule has 2 fully saturated rings. The minimum Gasteiger partial charge on any atom is -0.480 e.